The minimum atomic E-state index is -1.02. The molecule has 2 atom stereocenters. The Morgan fingerprint density at radius 2 is 1.83 bits per heavy atom. The molecule has 2 N–H and O–H groups in total. The van der Waals surface area contributed by atoms with Crippen LogP contribution in [0.3, 0.4) is 0 Å². The molecule has 0 saturated carbocycles. The second-order valence-electron chi connectivity index (χ2n) is 5.34. The highest BCUT2D eigenvalue weighted by Gasteiger charge is 2.06. The number of aliphatic hydroxyl groups excluding tert-OH is 1. The summed E-state index contributed by atoms with van der Waals surface area (Å²) in [5.74, 6) is 1.27. The SMILES string of the molecule is Cc1ccc([S@@](=O)CCNC[C@@H](O)COc2ccccc2)cc1. The number of hydrogen-bond donors (Lipinski definition) is 2. The van der Waals surface area contributed by atoms with Gasteiger partial charge < -0.3 is 15.2 Å². The van der Waals surface area contributed by atoms with E-state index >= 15 is 0 Å². The number of nitrogens with one attached hydrogen (secondary N) is 1. The van der Waals surface area contributed by atoms with E-state index < -0.39 is 16.9 Å². The van der Waals surface area contributed by atoms with Crippen molar-refractivity contribution in [1.29, 1.82) is 0 Å². The molecule has 2 aromatic carbocycles. The molecule has 2 aromatic rings. The molecular formula is C18H23NO3S. The molecule has 4 nitrogen and oxygen atoms in total. The number of aryl methyl sites for hydroxylation is 1. The van der Waals surface area contributed by atoms with E-state index in [1.165, 1.54) is 0 Å². The molecule has 0 amide bonds. The van der Waals surface area contributed by atoms with Gasteiger partial charge in [-0.25, -0.2) is 0 Å². The second-order valence-corrected chi connectivity index (χ2v) is 6.92. The van der Waals surface area contributed by atoms with Crippen LogP contribution in [0.1, 0.15) is 5.56 Å². The van der Waals surface area contributed by atoms with Crippen LogP contribution < -0.4 is 10.1 Å². The van der Waals surface area contributed by atoms with Crippen molar-refractivity contribution in [3.8, 4) is 5.75 Å². The highest BCUT2D eigenvalue weighted by Crippen LogP contribution is 2.09. The fraction of sp³-hybridized carbons (Fsp3) is 0.333. The Labute approximate surface area is 140 Å². The number of aliphatic hydroxyl groups is 1. The minimum absolute atomic E-state index is 0.234. The van der Waals surface area contributed by atoms with E-state index in [-0.39, 0.29) is 6.61 Å². The molecule has 0 aliphatic rings. The fourth-order valence-corrected chi connectivity index (χ4v) is 3.01. The van der Waals surface area contributed by atoms with E-state index in [0.717, 1.165) is 16.2 Å². The molecule has 0 unspecified atom stereocenters. The molecule has 0 bridgehead atoms. The van der Waals surface area contributed by atoms with Gasteiger partial charge >= 0.3 is 0 Å². The fourth-order valence-electron chi connectivity index (χ4n) is 2.01. The van der Waals surface area contributed by atoms with Gasteiger partial charge in [-0.15, -0.1) is 0 Å². The average molecular weight is 333 g/mol. The first-order chi connectivity index (χ1) is 11.1. The molecule has 124 valence electrons. The Morgan fingerprint density at radius 1 is 1.13 bits per heavy atom. The van der Waals surface area contributed by atoms with Crippen molar-refractivity contribution in [3.63, 3.8) is 0 Å². The molecule has 0 radical (unpaired) electrons. The van der Waals surface area contributed by atoms with E-state index in [4.69, 9.17) is 4.74 Å². The number of para-hydroxylation sites is 1. The van der Waals surface area contributed by atoms with Crippen molar-refractivity contribution in [2.45, 2.75) is 17.9 Å². The third kappa shape index (κ3) is 6.52. The zero-order valence-corrected chi connectivity index (χ0v) is 14.1. The summed E-state index contributed by atoms with van der Waals surface area (Å²) < 4.78 is 17.6. The van der Waals surface area contributed by atoms with Crippen LogP contribution in [0.25, 0.3) is 0 Å². The van der Waals surface area contributed by atoms with Gasteiger partial charge in [0.25, 0.3) is 0 Å². The average Bonchev–Trinajstić information content (AvgIpc) is 2.58. The van der Waals surface area contributed by atoms with Gasteiger partial charge in [0, 0.05) is 23.7 Å². The van der Waals surface area contributed by atoms with Gasteiger partial charge in [-0.3, -0.25) is 4.21 Å². The predicted octanol–water partition coefficient (Wildman–Crippen LogP) is 2.13. The number of hydrogen-bond acceptors (Lipinski definition) is 4. The van der Waals surface area contributed by atoms with Gasteiger partial charge in [-0.1, -0.05) is 35.9 Å². The van der Waals surface area contributed by atoms with Crippen molar-refractivity contribution < 1.29 is 14.1 Å². The lowest BCUT2D eigenvalue weighted by atomic mass is 10.2. The quantitative estimate of drug-likeness (QED) is 0.690. The Morgan fingerprint density at radius 3 is 2.52 bits per heavy atom. The molecule has 5 heteroatoms. The Hall–Kier alpha value is -1.69. The Bertz CT molecular complexity index is 601. The van der Waals surface area contributed by atoms with Gasteiger partial charge in [-0.2, -0.15) is 0 Å². The van der Waals surface area contributed by atoms with Crippen LogP contribution in [0.4, 0.5) is 0 Å². The lowest BCUT2D eigenvalue weighted by Crippen LogP contribution is -2.33. The third-order valence-corrected chi connectivity index (χ3v) is 4.69. The van der Waals surface area contributed by atoms with Gasteiger partial charge in [0.15, 0.2) is 0 Å². The van der Waals surface area contributed by atoms with E-state index in [9.17, 15) is 9.32 Å². The lowest BCUT2D eigenvalue weighted by molar-refractivity contribution is 0.107. The van der Waals surface area contributed by atoms with Gasteiger partial charge in [0.2, 0.25) is 0 Å². The summed E-state index contributed by atoms with van der Waals surface area (Å²) in [7, 11) is -1.02. The second kappa shape index (κ2) is 9.45. The summed E-state index contributed by atoms with van der Waals surface area (Å²) in [6.45, 7) is 3.24. The van der Waals surface area contributed by atoms with Crippen LogP contribution in [0.2, 0.25) is 0 Å². The summed E-state index contributed by atoms with van der Waals surface area (Å²) in [5.41, 5.74) is 1.16. The lowest BCUT2D eigenvalue weighted by Gasteiger charge is -2.13. The zero-order valence-electron chi connectivity index (χ0n) is 13.3. The highest BCUT2D eigenvalue weighted by atomic mass is 32.2. The summed E-state index contributed by atoms with van der Waals surface area (Å²) in [6.07, 6.45) is -0.594. The van der Waals surface area contributed by atoms with E-state index in [2.05, 4.69) is 5.32 Å². The molecule has 0 spiro atoms. The predicted molar refractivity (Wildman–Crippen MR) is 93.3 cm³/mol. The van der Waals surface area contributed by atoms with Crippen molar-refractivity contribution in [3.05, 3.63) is 60.2 Å². The van der Waals surface area contributed by atoms with E-state index in [1.807, 2.05) is 61.5 Å². The summed E-state index contributed by atoms with van der Waals surface area (Å²) in [5, 5.41) is 13.0. The first-order valence-electron chi connectivity index (χ1n) is 7.67. The molecule has 0 aromatic heterocycles. The van der Waals surface area contributed by atoms with Crippen molar-refractivity contribution in [1.82, 2.24) is 5.32 Å². The maximum Gasteiger partial charge on any atom is 0.119 e. The third-order valence-electron chi connectivity index (χ3n) is 3.31. The monoisotopic (exact) mass is 333 g/mol. The molecule has 0 aliphatic heterocycles. The van der Waals surface area contributed by atoms with Gasteiger partial charge in [0.1, 0.15) is 18.5 Å². The molecular weight excluding hydrogens is 310 g/mol. The number of ether oxygens (including phenoxy) is 1. The maximum absolute atomic E-state index is 12.1. The largest absolute Gasteiger partial charge is 0.491 e. The van der Waals surface area contributed by atoms with Crippen LogP contribution in [0, 0.1) is 6.92 Å². The summed E-state index contributed by atoms with van der Waals surface area (Å²) in [4.78, 5) is 0.838. The van der Waals surface area contributed by atoms with Crippen LogP contribution in [0.15, 0.2) is 59.5 Å². The van der Waals surface area contributed by atoms with Gasteiger partial charge in [-0.05, 0) is 31.2 Å². The number of rotatable bonds is 9. The minimum Gasteiger partial charge on any atom is -0.491 e. The summed E-state index contributed by atoms with van der Waals surface area (Å²) >= 11 is 0. The first kappa shape index (κ1) is 17.7. The molecule has 0 heterocycles. The van der Waals surface area contributed by atoms with Crippen LogP contribution >= 0.6 is 0 Å². The first-order valence-corrected chi connectivity index (χ1v) is 8.99. The number of benzene rings is 2. The van der Waals surface area contributed by atoms with Crippen molar-refractivity contribution in [2.24, 2.45) is 0 Å². The summed E-state index contributed by atoms with van der Waals surface area (Å²) in [6, 6.07) is 17.1. The normalized spacial score (nSPS) is 13.5. The Kier molecular flexibility index (Phi) is 7.26. The van der Waals surface area contributed by atoms with Gasteiger partial charge in [0.05, 0.1) is 10.8 Å². The van der Waals surface area contributed by atoms with Crippen LogP contribution in [0.5, 0.6) is 5.75 Å². The van der Waals surface area contributed by atoms with Crippen molar-refractivity contribution >= 4 is 10.8 Å². The van der Waals surface area contributed by atoms with Crippen molar-refractivity contribution in [2.75, 3.05) is 25.4 Å². The molecule has 23 heavy (non-hydrogen) atoms. The molecule has 0 fully saturated rings. The topological polar surface area (TPSA) is 58.6 Å². The molecule has 2 rings (SSSR count). The Balaban J connectivity index is 1.61. The van der Waals surface area contributed by atoms with E-state index in [0.29, 0.717) is 18.8 Å². The standard InChI is InChI=1S/C18H23NO3S/c1-15-7-9-18(10-8-15)23(21)12-11-19-13-16(20)14-22-17-5-3-2-4-6-17/h2-10,16,19-20H,11-14H2,1H3/t16-,23+/m1/s1. The molecule has 0 saturated heterocycles. The molecule has 0 aliphatic carbocycles. The maximum atomic E-state index is 12.1. The van der Waals surface area contributed by atoms with Crippen LogP contribution in [-0.4, -0.2) is 40.9 Å². The zero-order chi connectivity index (χ0) is 16.5. The highest BCUT2D eigenvalue weighted by molar-refractivity contribution is 7.85. The smallest absolute Gasteiger partial charge is 0.119 e. The van der Waals surface area contributed by atoms with Crippen LogP contribution in [-0.2, 0) is 10.8 Å². The van der Waals surface area contributed by atoms with E-state index in [1.54, 1.807) is 0 Å².